The maximum absolute atomic E-state index is 12.0. The molecule has 0 saturated carbocycles. The van der Waals surface area contributed by atoms with E-state index in [1.807, 2.05) is 24.3 Å². The highest BCUT2D eigenvalue weighted by molar-refractivity contribution is 6.02. The lowest BCUT2D eigenvalue weighted by Crippen LogP contribution is -2.38. The molecule has 1 aliphatic heterocycles. The van der Waals surface area contributed by atoms with Crippen LogP contribution < -0.4 is 10.1 Å². The number of benzene rings is 1. The second-order valence-electron chi connectivity index (χ2n) is 5.25. The van der Waals surface area contributed by atoms with E-state index in [0.717, 1.165) is 38.6 Å². The molecule has 2 heterocycles. The van der Waals surface area contributed by atoms with Crippen molar-refractivity contribution < 1.29 is 14.3 Å². The van der Waals surface area contributed by atoms with E-state index < -0.39 is 0 Å². The molecule has 1 aliphatic rings. The van der Waals surface area contributed by atoms with Crippen LogP contribution in [0.4, 0.5) is 5.69 Å². The van der Waals surface area contributed by atoms with Crippen LogP contribution in [0.25, 0.3) is 0 Å². The number of carbonyl (C=O) groups is 1. The SMILES string of the molecule is O=C(Nc1cccc(OCCN2CCOCC2)c1)c1ccn[nH]1. The van der Waals surface area contributed by atoms with Crippen molar-refractivity contribution in [2.75, 3.05) is 44.8 Å². The number of carbonyl (C=O) groups excluding carboxylic acids is 1. The minimum Gasteiger partial charge on any atom is -0.492 e. The smallest absolute Gasteiger partial charge is 0.273 e. The first-order chi connectivity index (χ1) is 11.3. The summed E-state index contributed by atoms with van der Waals surface area (Å²) in [7, 11) is 0. The molecule has 0 bridgehead atoms. The van der Waals surface area contributed by atoms with Crippen LogP contribution in [0.5, 0.6) is 5.75 Å². The van der Waals surface area contributed by atoms with Crippen molar-refractivity contribution in [2.24, 2.45) is 0 Å². The van der Waals surface area contributed by atoms with Gasteiger partial charge in [0.15, 0.2) is 0 Å². The lowest BCUT2D eigenvalue weighted by molar-refractivity contribution is 0.0322. The number of nitrogens with one attached hydrogen (secondary N) is 2. The van der Waals surface area contributed by atoms with Crippen LogP contribution in [0.15, 0.2) is 36.5 Å². The van der Waals surface area contributed by atoms with Crippen molar-refractivity contribution in [1.82, 2.24) is 15.1 Å². The predicted molar refractivity (Wildman–Crippen MR) is 85.7 cm³/mol. The van der Waals surface area contributed by atoms with E-state index in [-0.39, 0.29) is 5.91 Å². The van der Waals surface area contributed by atoms with Gasteiger partial charge in [0.1, 0.15) is 18.1 Å². The number of morpholine rings is 1. The number of aromatic amines is 1. The Balaban J connectivity index is 1.49. The zero-order valence-electron chi connectivity index (χ0n) is 12.8. The topological polar surface area (TPSA) is 79.5 Å². The summed E-state index contributed by atoms with van der Waals surface area (Å²) in [5, 5.41) is 9.20. The van der Waals surface area contributed by atoms with Gasteiger partial charge in [-0.05, 0) is 18.2 Å². The van der Waals surface area contributed by atoms with E-state index >= 15 is 0 Å². The number of hydrogen-bond acceptors (Lipinski definition) is 5. The van der Waals surface area contributed by atoms with Crippen LogP contribution in [0, 0.1) is 0 Å². The standard InChI is InChI=1S/C16H20N4O3/c21-16(15-4-5-17-19-15)18-13-2-1-3-14(12-13)23-11-8-20-6-9-22-10-7-20/h1-5,12H,6-11H2,(H,17,19)(H,18,21). The lowest BCUT2D eigenvalue weighted by Gasteiger charge is -2.26. The molecule has 1 saturated heterocycles. The van der Waals surface area contributed by atoms with Crippen molar-refractivity contribution in [3.63, 3.8) is 0 Å². The number of amides is 1. The van der Waals surface area contributed by atoms with E-state index in [1.54, 1.807) is 12.3 Å². The van der Waals surface area contributed by atoms with Gasteiger partial charge in [-0.15, -0.1) is 0 Å². The van der Waals surface area contributed by atoms with Crippen molar-refractivity contribution >= 4 is 11.6 Å². The van der Waals surface area contributed by atoms with Gasteiger partial charge in [-0.3, -0.25) is 14.8 Å². The summed E-state index contributed by atoms with van der Waals surface area (Å²) < 4.78 is 11.1. The first-order valence-electron chi connectivity index (χ1n) is 7.65. The van der Waals surface area contributed by atoms with Gasteiger partial charge >= 0.3 is 0 Å². The molecule has 2 aromatic rings. The molecule has 0 unspecified atom stereocenters. The van der Waals surface area contributed by atoms with E-state index in [1.165, 1.54) is 0 Å². The summed E-state index contributed by atoms with van der Waals surface area (Å²) in [5.74, 6) is 0.508. The fourth-order valence-corrected chi connectivity index (χ4v) is 2.36. The molecule has 7 heteroatoms. The highest BCUT2D eigenvalue weighted by atomic mass is 16.5. The molecule has 0 atom stereocenters. The highest BCUT2D eigenvalue weighted by Gasteiger charge is 2.10. The lowest BCUT2D eigenvalue weighted by atomic mass is 10.3. The van der Waals surface area contributed by atoms with Crippen molar-refractivity contribution in [1.29, 1.82) is 0 Å². The average Bonchev–Trinajstić information content (AvgIpc) is 3.11. The van der Waals surface area contributed by atoms with E-state index in [0.29, 0.717) is 18.0 Å². The van der Waals surface area contributed by atoms with Gasteiger partial charge in [-0.2, -0.15) is 5.10 Å². The third-order valence-corrected chi connectivity index (χ3v) is 3.62. The number of aromatic nitrogens is 2. The first-order valence-corrected chi connectivity index (χ1v) is 7.65. The Morgan fingerprint density at radius 1 is 1.35 bits per heavy atom. The van der Waals surface area contributed by atoms with Gasteiger partial charge in [-0.25, -0.2) is 0 Å². The number of hydrogen-bond donors (Lipinski definition) is 2. The molecule has 3 rings (SSSR count). The summed E-state index contributed by atoms with van der Waals surface area (Å²) in [6.07, 6.45) is 1.54. The van der Waals surface area contributed by atoms with Crippen LogP contribution in [-0.4, -0.2) is 60.5 Å². The number of anilines is 1. The second-order valence-corrected chi connectivity index (χ2v) is 5.25. The molecule has 0 aliphatic carbocycles. The molecule has 1 aromatic carbocycles. The van der Waals surface area contributed by atoms with Gasteiger partial charge in [0, 0.05) is 37.6 Å². The summed E-state index contributed by atoms with van der Waals surface area (Å²) in [5.41, 5.74) is 1.11. The van der Waals surface area contributed by atoms with Crippen molar-refractivity contribution in [2.45, 2.75) is 0 Å². The normalized spacial score (nSPS) is 15.3. The fourth-order valence-electron chi connectivity index (χ4n) is 2.36. The Morgan fingerprint density at radius 3 is 3.00 bits per heavy atom. The van der Waals surface area contributed by atoms with Crippen LogP contribution in [0.3, 0.4) is 0 Å². The number of H-pyrrole nitrogens is 1. The quantitative estimate of drug-likeness (QED) is 0.841. The first kappa shape index (κ1) is 15.5. The monoisotopic (exact) mass is 316 g/mol. The summed E-state index contributed by atoms with van der Waals surface area (Å²) in [4.78, 5) is 14.3. The van der Waals surface area contributed by atoms with E-state index in [2.05, 4.69) is 20.4 Å². The molecular formula is C16H20N4O3. The van der Waals surface area contributed by atoms with Gasteiger partial charge < -0.3 is 14.8 Å². The van der Waals surface area contributed by atoms with Crippen LogP contribution >= 0.6 is 0 Å². The minimum absolute atomic E-state index is 0.229. The molecule has 122 valence electrons. The van der Waals surface area contributed by atoms with Crippen LogP contribution in [0.1, 0.15) is 10.5 Å². The molecule has 1 aromatic heterocycles. The van der Waals surface area contributed by atoms with Crippen LogP contribution in [-0.2, 0) is 4.74 Å². The summed E-state index contributed by atoms with van der Waals surface area (Å²) in [6, 6.07) is 8.99. The summed E-state index contributed by atoms with van der Waals surface area (Å²) in [6.45, 7) is 4.95. The zero-order chi connectivity index (χ0) is 15.9. The van der Waals surface area contributed by atoms with E-state index in [4.69, 9.17) is 9.47 Å². The Kier molecular flexibility index (Phi) is 5.23. The Hall–Kier alpha value is -2.38. The fraction of sp³-hybridized carbons (Fsp3) is 0.375. The third kappa shape index (κ3) is 4.54. The zero-order valence-corrected chi connectivity index (χ0v) is 12.8. The molecule has 0 radical (unpaired) electrons. The molecule has 2 N–H and O–H groups in total. The Labute approximate surface area is 134 Å². The van der Waals surface area contributed by atoms with Gasteiger partial charge in [0.2, 0.25) is 0 Å². The molecule has 0 spiro atoms. The number of ether oxygens (including phenoxy) is 2. The number of rotatable bonds is 6. The van der Waals surface area contributed by atoms with Gasteiger partial charge in [0.25, 0.3) is 5.91 Å². The molecular weight excluding hydrogens is 296 g/mol. The Morgan fingerprint density at radius 2 is 2.22 bits per heavy atom. The van der Waals surface area contributed by atoms with Gasteiger partial charge in [-0.1, -0.05) is 6.07 Å². The molecule has 7 nitrogen and oxygen atoms in total. The minimum atomic E-state index is -0.229. The maximum atomic E-state index is 12.0. The predicted octanol–water partition coefficient (Wildman–Crippen LogP) is 1.37. The van der Waals surface area contributed by atoms with Crippen molar-refractivity contribution in [3.8, 4) is 5.75 Å². The maximum Gasteiger partial charge on any atom is 0.273 e. The average molecular weight is 316 g/mol. The van der Waals surface area contributed by atoms with Gasteiger partial charge in [0.05, 0.1) is 13.2 Å². The molecule has 1 amide bonds. The van der Waals surface area contributed by atoms with Crippen LogP contribution in [0.2, 0.25) is 0 Å². The van der Waals surface area contributed by atoms with E-state index in [9.17, 15) is 4.79 Å². The third-order valence-electron chi connectivity index (χ3n) is 3.62. The molecule has 23 heavy (non-hydrogen) atoms. The van der Waals surface area contributed by atoms with Crippen molar-refractivity contribution in [3.05, 3.63) is 42.2 Å². The largest absolute Gasteiger partial charge is 0.492 e. The molecule has 1 fully saturated rings. The Bertz CT molecular complexity index is 624. The number of nitrogens with zero attached hydrogens (tertiary/aromatic N) is 2. The highest BCUT2D eigenvalue weighted by Crippen LogP contribution is 2.18. The second kappa shape index (κ2) is 7.75. The summed E-state index contributed by atoms with van der Waals surface area (Å²) >= 11 is 0.